The molecule has 0 radical (unpaired) electrons. The lowest BCUT2D eigenvalue weighted by molar-refractivity contribution is -0.114. The molecule has 3 rings (SSSR count). The van der Waals surface area contributed by atoms with Crippen molar-refractivity contribution in [3.05, 3.63) is 46.6 Å². The van der Waals surface area contributed by atoms with Crippen LogP contribution >= 0.6 is 0 Å². The summed E-state index contributed by atoms with van der Waals surface area (Å²) in [6.07, 6.45) is 1.38. The van der Waals surface area contributed by atoms with Crippen molar-refractivity contribution >= 4 is 28.6 Å². The predicted molar refractivity (Wildman–Crippen MR) is 103 cm³/mol. The highest BCUT2D eigenvalue weighted by Gasteiger charge is 2.21. The maximum absolute atomic E-state index is 12.2. The van der Waals surface area contributed by atoms with Crippen molar-refractivity contribution in [2.45, 2.75) is 34.6 Å². The SMILES string of the molecule is CCOC(=O)c1cnn(-c2cc(C)c3cc(C)cc(C)c3n2)c1NC(C)=O. The zero-order chi connectivity index (χ0) is 19.7. The zero-order valence-electron chi connectivity index (χ0n) is 16.1. The van der Waals surface area contributed by atoms with Crippen LogP contribution in [0.15, 0.2) is 24.4 Å². The van der Waals surface area contributed by atoms with Gasteiger partial charge in [-0.2, -0.15) is 9.78 Å². The standard InChI is InChI=1S/C20H22N4O3/c1-6-27-20(26)16-10-21-24(19(16)22-14(5)25)17-9-12(3)15-8-11(2)7-13(4)18(15)23-17/h7-10H,6H2,1-5H3,(H,22,25). The molecule has 0 unspecified atom stereocenters. The number of anilines is 1. The molecule has 0 fully saturated rings. The highest BCUT2D eigenvalue weighted by atomic mass is 16.5. The summed E-state index contributed by atoms with van der Waals surface area (Å²) in [6, 6.07) is 6.05. The van der Waals surface area contributed by atoms with E-state index in [4.69, 9.17) is 9.72 Å². The average Bonchev–Trinajstić information content (AvgIpc) is 2.98. The number of rotatable bonds is 4. The molecule has 0 atom stereocenters. The number of hydrogen-bond donors (Lipinski definition) is 1. The molecule has 2 heterocycles. The Morgan fingerprint density at radius 3 is 2.56 bits per heavy atom. The van der Waals surface area contributed by atoms with Gasteiger partial charge in [-0.15, -0.1) is 0 Å². The molecule has 2 aromatic heterocycles. The minimum Gasteiger partial charge on any atom is -0.462 e. The fourth-order valence-corrected chi connectivity index (χ4v) is 3.10. The number of nitrogens with zero attached hydrogens (tertiary/aromatic N) is 3. The summed E-state index contributed by atoms with van der Waals surface area (Å²) in [5.41, 5.74) is 4.29. The molecule has 7 heteroatoms. The Labute approximate surface area is 157 Å². The summed E-state index contributed by atoms with van der Waals surface area (Å²) in [6.45, 7) is 9.38. The van der Waals surface area contributed by atoms with E-state index in [1.54, 1.807) is 6.92 Å². The Kier molecular flexibility index (Phi) is 4.94. The smallest absolute Gasteiger partial charge is 0.343 e. The Bertz CT molecular complexity index is 1050. The van der Waals surface area contributed by atoms with E-state index in [2.05, 4.69) is 22.5 Å². The van der Waals surface area contributed by atoms with Gasteiger partial charge in [-0.3, -0.25) is 4.79 Å². The van der Waals surface area contributed by atoms with Crippen LogP contribution in [0.25, 0.3) is 16.7 Å². The number of carbonyl (C=O) groups excluding carboxylic acids is 2. The van der Waals surface area contributed by atoms with Gasteiger partial charge in [0.05, 0.1) is 18.3 Å². The van der Waals surface area contributed by atoms with Crippen LogP contribution in [-0.2, 0) is 9.53 Å². The summed E-state index contributed by atoms with van der Waals surface area (Å²) in [5.74, 6) is -0.0911. The summed E-state index contributed by atoms with van der Waals surface area (Å²) in [5, 5.41) is 8.01. The zero-order valence-corrected chi connectivity index (χ0v) is 16.1. The van der Waals surface area contributed by atoms with Gasteiger partial charge >= 0.3 is 5.97 Å². The van der Waals surface area contributed by atoms with Crippen LogP contribution in [0.5, 0.6) is 0 Å². The molecule has 0 aliphatic carbocycles. The number of fused-ring (bicyclic) bond motifs is 1. The van der Waals surface area contributed by atoms with Gasteiger partial charge in [0.25, 0.3) is 0 Å². The number of benzene rings is 1. The second kappa shape index (κ2) is 7.19. The lowest BCUT2D eigenvalue weighted by Gasteiger charge is -2.12. The maximum Gasteiger partial charge on any atom is 0.343 e. The molecule has 1 amide bonds. The largest absolute Gasteiger partial charge is 0.462 e. The monoisotopic (exact) mass is 366 g/mol. The fraction of sp³-hybridized carbons (Fsp3) is 0.300. The van der Waals surface area contributed by atoms with Crippen LogP contribution in [0.4, 0.5) is 5.82 Å². The lowest BCUT2D eigenvalue weighted by Crippen LogP contribution is -2.16. The number of amides is 1. The van der Waals surface area contributed by atoms with E-state index in [0.717, 1.165) is 22.0 Å². The highest BCUT2D eigenvalue weighted by molar-refractivity contribution is 6.00. The minimum atomic E-state index is -0.545. The van der Waals surface area contributed by atoms with Crippen LogP contribution in [0.2, 0.25) is 0 Å². The number of ether oxygens (including phenoxy) is 1. The number of carbonyl (C=O) groups is 2. The second-order valence-corrected chi connectivity index (χ2v) is 6.50. The van der Waals surface area contributed by atoms with Gasteiger partial charge in [0.15, 0.2) is 11.6 Å². The lowest BCUT2D eigenvalue weighted by atomic mass is 10.0. The van der Waals surface area contributed by atoms with Crippen molar-refractivity contribution in [3.63, 3.8) is 0 Å². The molecule has 0 aliphatic heterocycles. The predicted octanol–water partition coefficient (Wildman–Crippen LogP) is 3.48. The van der Waals surface area contributed by atoms with E-state index < -0.39 is 5.97 Å². The molecule has 1 aromatic carbocycles. The van der Waals surface area contributed by atoms with Gasteiger partial charge < -0.3 is 10.1 Å². The molecular weight excluding hydrogens is 344 g/mol. The first-order chi connectivity index (χ1) is 12.8. The third kappa shape index (κ3) is 3.53. The van der Waals surface area contributed by atoms with Gasteiger partial charge in [0.1, 0.15) is 5.56 Å². The first kappa shape index (κ1) is 18.6. The van der Waals surface area contributed by atoms with E-state index >= 15 is 0 Å². The average molecular weight is 366 g/mol. The summed E-state index contributed by atoms with van der Waals surface area (Å²) in [4.78, 5) is 28.6. The number of aromatic nitrogens is 3. The van der Waals surface area contributed by atoms with Crippen molar-refractivity contribution in [3.8, 4) is 5.82 Å². The van der Waals surface area contributed by atoms with Gasteiger partial charge in [-0.05, 0) is 51.0 Å². The van der Waals surface area contributed by atoms with Crippen molar-refractivity contribution in [1.29, 1.82) is 0 Å². The van der Waals surface area contributed by atoms with E-state index in [-0.39, 0.29) is 23.9 Å². The molecular formula is C20H22N4O3. The van der Waals surface area contributed by atoms with Crippen molar-refractivity contribution in [2.24, 2.45) is 0 Å². The molecule has 0 bridgehead atoms. The fourth-order valence-electron chi connectivity index (χ4n) is 3.10. The van der Waals surface area contributed by atoms with Crippen molar-refractivity contribution < 1.29 is 14.3 Å². The van der Waals surface area contributed by atoms with Crippen LogP contribution in [0, 0.1) is 20.8 Å². The van der Waals surface area contributed by atoms with Crippen molar-refractivity contribution in [1.82, 2.24) is 14.8 Å². The molecule has 0 aliphatic rings. The number of esters is 1. The Hall–Kier alpha value is -3.22. The van der Waals surface area contributed by atoms with E-state index in [1.807, 2.05) is 26.8 Å². The van der Waals surface area contributed by atoms with Gasteiger partial charge in [0.2, 0.25) is 5.91 Å². The summed E-state index contributed by atoms with van der Waals surface area (Å²) >= 11 is 0. The molecule has 1 N–H and O–H groups in total. The maximum atomic E-state index is 12.2. The van der Waals surface area contributed by atoms with E-state index in [9.17, 15) is 9.59 Å². The summed E-state index contributed by atoms with van der Waals surface area (Å²) < 4.78 is 6.52. The topological polar surface area (TPSA) is 86.1 Å². The number of hydrogen-bond acceptors (Lipinski definition) is 5. The molecule has 0 saturated carbocycles. The summed E-state index contributed by atoms with van der Waals surface area (Å²) in [7, 11) is 0. The number of nitrogens with one attached hydrogen (secondary N) is 1. The second-order valence-electron chi connectivity index (χ2n) is 6.50. The van der Waals surface area contributed by atoms with Gasteiger partial charge in [-0.25, -0.2) is 9.78 Å². The number of aryl methyl sites for hydroxylation is 3. The quantitative estimate of drug-likeness (QED) is 0.715. The first-order valence-electron chi connectivity index (χ1n) is 8.73. The third-order valence-electron chi connectivity index (χ3n) is 4.22. The molecule has 140 valence electrons. The number of pyridine rings is 1. The van der Waals surface area contributed by atoms with Crippen molar-refractivity contribution in [2.75, 3.05) is 11.9 Å². The molecule has 7 nitrogen and oxygen atoms in total. The van der Waals surface area contributed by atoms with Crippen LogP contribution in [0.1, 0.15) is 40.9 Å². The highest BCUT2D eigenvalue weighted by Crippen LogP contribution is 2.27. The normalized spacial score (nSPS) is 10.9. The third-order valence-corrected chi connectivity index (χ3v) is 4.22. The first-order valence-corrected chi connectivity index (χ1v) is 8.73. The Morgan fingerprint density at radius 2 is 1.89 bits per heavy atom. The molecule has 0 saturated heterocycles. The molecule has 3 aromatic rings. The van der Waals surface area contributed by atoms with Gasteiger partial charge in [-0.1, -0.05) is 11.6 Å². The van der Waals surface area contributed by atoms with Gasteiger partial charge in [0, 0.05) is 12.3 Å². The van der Waals surface area contributed by atoms with Crippen LogP contribution < -0.4 is 5.32 Å². The molecule has 27 heavy (non-hydrogen) atoms. The van der Waals surface area contributed by atoms with Crippen LogP contribution in [0.3, 0.4) is 0 Å². The molecule has 0 spiro atoms. The Morgan fingerprint density at radius 1 is 1.15 bits per heavy atom. The van der Waals surface area contributed by atoms with E-state index in [1.165, 1.54) is 23.4 Å². The minimum absolute atomic E-state index is 0.187. The van der Waals surface area contributed by atoms with E-state index in [0.29, 0.717) is 5.82 Å². The Balaban J connectivity index is 2.21. The van der Waals surface area contributed by atoms with Crippen LogP contribution in [-0.4, -0.2) is 33.2 Å².